The summed E-state index contributed by atoms with van der Waals surface area (Å²) in [5, 5.41) is 0.219. The van der Waals surface area contributed by atoms with Crippen LogP contribution in [0.25, 0.3) is 22.2 Å². The van der Waals surface area contributed by atoms with Crippen LogP contribution in [0, 0.1) is 5.82 Å². The molecule has 13 heteroatoms. The second-order valence-corrected chi connectivity index (χ2v) is 9.79. The van der Waals surface area contributed by atoms with Crippen LogP contribution >= 0.6 is 11.6 Å². The third kappa shape index (κ3) is 5.19. The molecule has 1 saturated heterocycles. The van der Waals surface area contributed by atoms with Crippen molar-refractivity contribution in [2.24, 2.45) is 0 Å². The number of likely N-dealkylation sites (N-methyl/N-ethyl adjacent to an activating group) is 1. The van der Waals surface area contributed by atoms with E-state index in [4.69, 9.17) is 22.1 Å². The van der Waals surface area contributed by atoms with Gasteiger partial charge in [0.15, 0.2) is 0 Å². The summed E-state index contributed by atoms with van der Waals surface area (Å²) in [6.45, 7) is 1.64. The second kappa shape index (κ2) is 10.1. The predicted octanol–water partition coefficient (Wildman–Crippen LogP) is 5.62. The molecule has 0 radical (unpaired) electrons. The quantitative estimate of drug-likeness (QED) is 0.410. The van der Waals surface area contributed by atoms with E-state index in [1.165, 1.54) is 18.2 Å². The van der Waals surface area contributed by atoms with E-state index in [2.05, 4.69) is 19.9 Å². The molecule has 2 N–H and O–H groups in total. The van der Waals surface area contributed by atoms with Gasteiger partial charge in [-0.15, -0.1) is 0 Å². The molecule has 0 amide bonds. The van der Waals surface area contributed by atoms with E-state index in [-0.39, 0.29) is 40.5 Å². The molecule has 7 nitrogen and oxygen atoms in total. The van der Waals surface area contributed by atoms with E-state index in [1.807, 2.05) is 7.05 Å². The Morgan fingerprint density at radius 3 is 2.61 bits per heavy atom. The number of fused-ring (bicyclic) bond motifs is 1. The maximum atomic E-state index is 14.4. The maximum Gasteiger partial charge on any atom is 0.421 e. The molecule has 0 spiro atoms. The number of halogens is 6. The van der Waals surface area contributed by atoms with E-state index >= 15 is 0 Å². The molecular formula is C25H24ClF5N6O. The minimum Gasteiger partial charge on any atom is -0.462 e. The maximum absolute atomic E-state index is 14.4. The lowest BCUT2D eigenvalue weighted by Crippen LogP contribution is -2.32. The van der Waals surface area contributed by atoms with Crippen molar-refractivity contribution in [3.8, 4) is 17.3 Å². The monoisotopic (exact) mass is 554 g/mol. The SMILES string of the molecule is CN1CCCC1COc1nc(N2CCC=C(F)C2)c2cc(Cl)c(-c3nc(N)cc(F)c3C(F)(F)F)cc2n1. The lowest BCUT2D eigenvalue weighted by Gasteiger charge is -2.27. The second-order valence-electron chi connectivity index (χ2n) is 9.38. The first-order valence-electron chi connectivity index (χ1n) is 12.0. The molecule has 0 bridgehead atoms. The van der Waals surface area contributed by atoms with E-state index in [0.29, 0.717) is 36.8 Å². The Bertz CT molecular complexity index is 1420. The number of likely N-dealkylation sites (tertiary alicyclic amines) is 1. The molecule has 1 aromatic carbocycles. The van der Waals surface area contributed by atoms with Gasteiger partial charge in [0.1, 0.15) is 35.5 Å². The van der Waals surface area contributed by atoms with Crippen molar-refractivity contribution in [2.75, 3.05) is 43.9 Å². The number of hydrogen-bond donors (Lipinski definition) is 1. The first-order chi connectivity index (χ1) is 18.0. The molecule has 202 valence electrons. The first kappa shape index (κ1) is 26.4. The molecule has 1 unspecified atom stereocenters. The molecule has 2 aliphatic rings. The predicted molar refractivity (Wildman–Crippen MR) is 134 cm³/mol. The number of benzene rings is 1. The molecule has 38 heavy (non-hydrogen) atoms. The summed E-state index contributed by atoms with van der Waals surface area (Å²) in [7, 11) is 1.99. The topological polar surface area (TPSA) is 80.4 Å². The fourth-order valence-electron chi connectivity index (χ4n) is 4.84. The third-order valence-corrected chi connectivity index (χ3v) is 7.07. The zero-order valence-corrected chi connectivity index (χ0v) is 21.1. The summed E-state index contributed by atoms with van der Waals surface area (Å²) in [5.74, 6) is -2.02. The van der Waals surface area contributed by atoms with Crippen molar-refractivity contribution < 1.29 is 26.7 Å². The molecule has 4 heterocycles. The van der Waals surface area contributed by atoms with Crippen LogP contribution in [0.4, 0.5) is 33.6 Å². The van der Waals surface area contributed by atoms with Crippen LogP contribution in [0.15, 0.2) is 30.1 Å². The number of ether oxygens (including phenoxy) is 1. The van der Waals surface area contributed by atoms with Crippen LogP contribution in [-0.4, -0.2) is 59.2 Å². The van der Waals surface area contributed by atoms with Crippen molar-refractivity contribution in [3.05, 3.63) is 46.5 Å². The van der Waals surface area contributed by atoms with Gasteiger partial charge in [0.05, 0.1) is 22.8 Å². The lowest BCUT2D eigenvalue weighted by atomic mass is 10.0. The van der Waals surface area contributed by atoms with E-state index < -0.39 is 29.1 Å². The summed E-state index contributed by atoms with van der Waals surface area (Å²) >= 11 is 6.44. The molecule has 2 aliphatic heterocycles. The molecular weight excluding hydrogens is 531 g/mol. The van der Waals surface area contributed by atoms with Crippen LogP contribution in [0.2, 0.25) is 5.02 Å². The summed E-state index contributed by atoms with van der Waals surface area (Å²) < 4.78 is 75.9. The number of nitrogens with zero attached hydrogens (tertiary/aromatic N) is 5. The van der Waals surface area contributed by atoms with Gasteiger partial charge >= 0.3 is 12.2 Å². The van der Waals surface area contributed by atoms with Gasteiger partial charge in [-0.1, -0.05) is 11.6 Å². The van der Waals surface area contributed by atoms with Gasteiger partial charge in [0, 0.05) is 29.6 Å². The highest BCUT2D eigenvalue weighted by atomic mass is 35.5. The van der Waals surface area contributed by atoms with Crippen LogP contribution < -0.4 is 15.4 Å². The molecule has 5 rings (SSSR count). The largest absolute Gasteiger partial charge is 0.462 e. The zero-order chi connectivity index (χ0) is 27.2. The molecule has 1 fully saturated rings. The number of alkyl halides is 3. The molecule has 1 atom stereocenters. The zero-order valence-electron chi connectivity index (χ0n) is 20.3. The number of nitrogens with two attached hydrogens (primary N) is 1. The van der Waals surface area contributed by atoms with E-state index in [0.717, 1.165) is 19.4 Å². The van der Waals surface area contributed by atoms with Crippen LogP contribution in [-0.2, 0) is 6.18 Å². The first-order valence-corrected chi connectivity index (χ1v) is 12.4. The lowest BCUT2D eigenvalue weighted by molar-refractivity contribution is -0.139. The normalized spacial score (nSPS) is 18.8. The Balaban J connectivity index is 1.65. The van der Waals surface area contributed by atoms with Gasteiger partial charge in [-0.25, -0.2) is 13.8 Å². The van der Waals surface area contributed by atoms with Crippen molar-refractivity contribution >= 4 is 34.1 Å². The van der Waals surface area contributed by atoms with Crippen LogP contribution in [0.3, 0.4) is 0 Å². The summed E-state index contributed by atoms with van der Waals surface area (Å²) in [4.78, 5) is 16.5. The van der Waals surface area contributed by atoms with E-state index in [1.54, 1.807) is 4.90 Å². The van der Waals surface area contributed by atoms with Crippen molar-refractivity contribution in [1.82, 2.24) is 19.9 Å². The molecule has 3 aromatic rings. The Morgan fingerprint density at radius 2 is 1.92 bits per heavy atom. The highest BCUT2D eigenvalue weighted by Gasteiger charge is 2.39. The number of pyridine rings is 1. The van der Waals surface area contributed by atoms with Gasteiger partial charge in [-0.05, 0) is 51.1 Å². The Morgan fingerprint density at radius 1 is 1.13 bits per heavy atom. The fourth-order valence-corrected chi connectivity index (χ4v) is 5.09. The third-order valence-electron chi connectivity index (χ3n) is 6.76. The Hall–Kier alpha value is -3.25. The number of rotatable bonds is 5. The van der Waals surface area contributed by atoms with Gasteiger partial charge in [0.25, 0.3) is 0 Å². The number of hydrogen-bond acceptors (Lipinski definition) is 7. The van der Waals surface area contributed by atoms with Crippen molar-refractivity contribution in [3.63, 3.8) is 0 Å². The van der Waals surface area contributed by atoms with Gasteiger partial charge in [-0.2, -0.15) is 23.1 Å². The van der Waals surface area contributed by atoms with Gasteiger partial charge < -0.3 is 20.3 Å². The average molecular weight is 555 g/mol. The summed E-state index contributed by atoms with van der Waals surface area (Å²) in [6, 6.07) is 3.28. The van der Waals surface area contributed by atoms with Gasteiger partial charge in [-0.3, -0.25) is 0 Å². The molecule has 0 aliphatic carbocycles. The highest BCUT2D eigenvalue weighted by Crippen LogP contribution is 2.42. The average Bonchev–Trinajstić information content (AvgIpc) is 3.25. The van der Waals surface area contributed by atoms with Crippen molar-refractivity contribution in [2.45, 2.75) is 31.5 Å². The van der Waals surface area contributed by atoms with Crippen LogP contribution in [0.5, 0.6) is 6.01 Å². The molecule has 2 aromatic heterocycles. The summed E-state index contributed by atoms with van der Waals surface area (Å²) in [6.07, 6.45) is -1.17. The minimum absolute atomic E-state index is 0.0150. The van der Waals surface area contributed by atoms with Crippen molar-refractivity contribution in [1.29, 1.82) is 0 Å². The minimum atomic E-state index is -5.06. The fraction of sp³-hybridized carbons (Fsp3) is 0.400. The number of aromatic nitrogens is 3. The summed E-state index contributed by atoms with van der Waals surface area (Å²) in [5.41, 5.74) is 3.19. The smallest absolute Gasteiger partial charge is 0.421 e. The standard InChI is InChI=1S/C25H24ClF5N6O/c1-36-6-3-5-14(36)12-38-24-33-19-9-15(22-21(25(29,30)31)18(28)10-20(32)34-22)17(26)8-16(19)23(35-24)37-7-2-4-13(27)11-37/h4,8-10,14H,2-3,5-7,11-12H2,1H3,(H2,32,34). The molecule has 0 saturated carbocycles. The Kier molecular flexibility index (Phi) is 7.03. The number of anilines is 2. The number of nitrogen functional groups attached to an aromatic ring is 1. The Labute approximate surface area is 220 Å². The van der Waals surface area contributed by atoms with E-state index in [9.17, 15) is 22.0 Å². The van der Waals surface area contributed by atoms with Crippen LogP contribution in [0.1, 0.15) is 24.8 Å². The highest BCUT2D eigenvalue weighted by molar-refractivity contribution is 6.34. The van der Waals surface area contributed by atoms with Gasteiger partial charge in [0.2, 0.25) is 0 Å².